The van der Waals surface area contributed by atoms with E-state index in [2.05, 4.69) is 40.6 Å². The molecule has 0 aliphatic carbocycles. The predicted molar refractivity (Wildman–Crippen MR) is 119 cm³/mol. The van der Waals surface area contributed by atoms with E-state index >= 15 is 0 Å². The van der Waals surface area contributed by atoms with Gasteiger partial charge in [0.15, 0.2) is 0 Å². The molecule has 0 amide bonds. The van der Waals surface area contributed by atoms with Gasteiger partial charge >= 0.3 is 5.56 Å². The van der Waals surface area contributed by atoms with Crippen molar-refractivity contribution >= 4 is 23.3 Å². The molecule has 2 aromatic heterocycles. The largest absolute Gasteiger partial charge is 0.497 e. The molecule has 0 aliphatic heterocycles. The first-order valence-electron chi connectivity index (χ1n) is 9.37. The molecule has 8 heteroatoms. The molecule has 0 radical (unpaired) electrons. The molecule has 30 heavy (non-hydrogen) atoms. The minimum absolute atomic E-state index is 0.147. The van der Waals surface area contributed by atoms with Gasteiger partial charge in [-0.3, -0.25) is 9.47 Å². The van der Waals surface area contributed by atoms with Gasteiger partial charge in [0.05, 0.1) is 7.11 Å². The number of hydrogen-bond donors (Lipinski definition) is 1. The minimum Gasteiger partial charge on any atom is -0.497 e. The molecule has 0 unspecified atom stereocenters. The second-order valence-electron chi connectivity index (χ2n) is 6.64. The van der Waals surface area contributed by atoms with E-state index in [0.29, 0.717) is 10.9 Å². The Morgan fingerprint density at radius 1 is 1.03 bits per heavy atom. The molecule has 1 N–H and O–H groups in total. The Morgan fingerprint density at radius 2 is 1.80 bits per heavy atom. The van der Waals surface area contributed by atoms with Crippen molar-refractivity contribution in [3.8, 4) is 5.75 Å². The third-order valence-electron chi connectivity index (χ3n) is 4.43. The quantitative estimate of drug-likeness (QED) is 0.455. The molecule has 0 bridgehead atoms. The lowest BCUT2D eigenvalue weighted by Gasteiger charge is -2.14. The van der Waals surface area contributed by atoms with Crippen LogP contribution >= 0.6 is 11.8 Å². The fraction of sp³-hybridized carbons (Fsp3) is 0.136. The molecule has 2 aromatic carbocycles. The zero-order chi connectivity index (χ0) is 20.9. The lowest BCUT2D eigenvalue weighted by atomic mass is 10.2. The number of rotatable bonds is 7. The van der Waals surface area contributed by atoms with Crippen molar-refractivity contribution in [2.45, 2.75) is 17.8 Å². The van der Waals surface area contributed by atoms with Crippen molar-refractivity contribution in [1.82, 2.24) is 19.5 Å². The van der Waals surface area contributed by atoms with Gasteiger partial charge in [-0.05, 0) is 48.9 Å². The van der Waals surface area contributed by atoms with Gasteiger partial charge < -0.3 is 10.1 Å². The molecule has 4 aromatic rings. The van der Waals surface area contributed by atoms with Gasteiger partial charge in [0.25, 0.3) is 0 Å². The fourth-order valence-corrected chi connectivity index (χ4v) is 3.83. The molecule has 0 saturated carbocycles. The van der Waals surface area contributed by atoms with Crippen molar-refractivity contribution in [3.63, 3.8) is 0 Å². The van der Waals surface area contributed by atoms with Gasteiger partial charge in [0.2, 0.25) is 11.0 Å². The van der Waals surface area contributed by atoms with Gasteiger partial charge in [-0.2, -0.15) is 4.68 Å². The SMILES string of the molecule is COc1ccc(Nc2nnc(SCc3cccc(C)c3)n(-n3cccc3)c2=O)cc1. The van der Waals surface area contributed by atoms with Crippen LogP contribution in [0.2, 0.25) is 0 Å². The fourth-order valence-electron chi connectivity index (χ4n) is 2.96. The van der Waals surface area contributed by atoms with Gasteiger partial charge in [0.1, 0.15) is 5.75 Å². The Morgan fingerprint density at radius 3 is 2.50 bits per heavy atom. The molecule has 152 valence electrons. The maximum atomic E-state index is 13.2. The highest BCUT2D eigenvalue weighted by Crippen LogP contribution is 2.22. The average molecular weight is 420 g/mol. The summed E-state index contributed by atoms with van der Waals surface area (Å²) in [6, 6.07) is 19.3. The van der Waals surface area contributed by atoms with Crippen LogP contribution in [0.5, 0.6) is 5.75 Å². The van der Waals surface area contributed by atoms with Gasteiger partial charge in [-0.25, -0.2) is 0 Å². The lowest BCUT2D eigenvalue weighted by Crippen LogP contribution is -2.30. The van der Waals surface area contributed by atoms with Crippen molar-refractivity contribution < 1.29 is 4.74 Å². The normalized spacial score (nSPS) is 10.7. The number of methoxy groups -OCH3 is 1. The smallest absolute Gasteiger partial charge is 0.316 e. The average Bonchev–Trinajstić information content (AvgIpc) is 3.29. The number of aryl methyl sites for hydroxylation is 1. The van der Waals surface area contributed by atoms with E-state index < -0.39 is 0 Å². The highest BCUT2D eigenvalue weighted by atomic mass is 32.2. The van der Waals surface area contributed by atoms with Crippen LogP contribution < -0.4 is 15.6 Å². The Hall–Kier alpha value is -3.52. The first kappa shape index (κ1) is 19.8. The maximum Gasteiger partial charge on any atom is 0.316 e. The van der Waals surface area contributed by atoms with Crippen LogP contribution in [0.4, 0.5) is 11.5 Å². The Balaban J connectivity index is 1.65. The number of nitrogens with one attached hydrogen (secondary N) is 1. The van der Waals surface area contributed by atoms with E-state index in [4.69, 9.17) is 4.74 Å². The molecule has 4 rings (SSSR count). The lowest BCUT2D eigenvalue weighted by molar-refractivity contribution is 0.415. The molecular formula is C22H21N5O2S. The van der Waals surface area contributed by atoms with Crippen molar-refractivity contribution in [2.24, 2.45) is 0 Å². The van der Waals surface area contributed by atoms with Gasteiger partial charge in [-0.1, -0.05) is 41.6 Å². The topological polar surface area (TPSA) is 74.0 Å². The van der Waals surface area contributed by atoms with Crippen LogP contribution in [0.15, 0.2) is 83.0 Å². The van der Waals surface area contributed by atoms with E-state index in [1.807, 2.05) is 42.5 Å². The molecular weight excluding hydrogens is 398 g/mol. The molecule has 0 atom stereocenters. The second-order valence-corrected chi connectivity index (χ2v) is 7.58. The van der Waals surface area contributed by atoms with Crippen LogP contribution in [0.1, 0.15) is 11.1 Å². The Labute approximate surface area is 178 Å². The van der Waals surface area contributed by atoms with Crippen LogP contribution in [-0.2, 0) is 5.75 Å². The molecule has 0 aliphatic rings. The van der Waals surface area contributed by atoms with E-state index in [-0.39, 0.29) is 11.4 Å². The monoisotopic (exact) mass is 419 g/mol. The number of aromatic nitrogens is 4. The molecule has 0 spiro atoms. The maximum absolute atomic E-state index is 13.2. The summed E-state index contributed by atoms with van der Waals surface area (Å²) in [5, 5.41) is 12.0. The van der Waals surface area contributed by atoms with Crippen molar-refractivity contribution in [2.75, 3.05) is 12.4 Å². The number of nitrogens with zero attached hydrogens (tertiary/aromatic N) is 4. The van der Waals surface area contributed by atoms with Gasteiger partial charge in [0, 0.05) is 23.8 Å². The number of hydrogen-bond acceptors (Lipinski definition) is 6. The zero-order valence-electron chi connectivity index (χ0n) is 16.6. The number of ether oxygens (including phenoxy) is 1. The molecule has 0 saturated heterocycles. The summed E-state index contributed by atoms with van der Waals surface area (Å²) in [6.45, 7) is 2.06. The van der Waals surface area contributed by atoms with E-state index in [9.17, 15) is 4.79 Å². The van der Waals surface area contributed by atoms with Crippen molar-refractivity contribution in [1.29, 1.82) is 0 Å². The number of thioether (sulfide) groups is 1. The van der Waals surface area contributed by atoms with E-state index in [1.165, 1.54) is 22.0 Å². The summed E-state index contributed by atoms with van der Waals surface area (Å²) >= 11 is 1.47. The van der Waals surface area contributed by atoms with Crippen LogP contribution in [-0.4, -0.2) is 26.7 Å². The van der Waals surface area contributed by atoms with E-state index in [0.717, 1.165) is 17.0 Å². The van der Waals surface area contributed by atoms with Crippen LogP contribution in [0, 0.1) is 6.92 Å². The Bertz CT molecular complexity index is 1190. The van der Waals surface area contributed by atoms with Crippen LogP contribution in [0.3, 0.4) is 0 Å². The van der Waals surface area contributed by atoms with Crippen LogP contribution in [0.25, 0.3) is 0 Å². The number of anilines is 2. The second kappa shape index (κ2) is 8.87. The summed E-state index contributed by atoms with van der Waals surface area (Å²) in [7, 11) is 1.61. The third-order valence-corrected chi connectivity index (χ3v) is 5.42. The molecule has 2 heterocycles. The van der Waals surface area contributed by atoms with Gasteiger partial charge in [-0.15, -0.1) is 10.2 Å². The standard InChI is InChI=1S/C22H21N5O2S/c1-16-6-5-7-17(14-16)15-30-22-25-24-20(21(28)27(22)26-12-3-4-13-26)23-18-8-10-19(29-2)11-9-18/h3-14H,15H2,1-2H3,(H,23,24). The van der Waals surface area contributed by atoms with Crippen molar-refractivity contribution in [3.05, 3.63) is 94.5 Å². The highest BCUT2D eigenvalue weighted by Gasteiger charge is 2.14. The third kappa shape index (κ3) is 4.38. The number of benzene rings is 2. The van der Waals surface area contributed by atoms with E-state index in [1.54, 1.807) is 24.2 Å². The molecule has 7 nitrogen and oxygen atoms in total. The summed E-state index contributed by atoms with van der Waals surface area (Å²) in [6.07, 6.45) is 3.61. The first-order valence-corrected chi connectivity index (χ1v) is 10.4. The first-order chi connectivity index (χ1) is 14.6. The summed E-state index contributed by atoms with van der Waals surface area (Å²) in [4.78, 5) is 13.2. The molecule has 0 fully saturated rings. The summed E-state index contributed by atoms with van der Waals surface area (Å²) in [5.41, 5.74) is 2.79. The zero-order valence-corrected chi connectivity index (χ0v) is 17.5. The Kier molecular flexibility index (Phi) is 5.85. The minimum atomic E-state index is -0.288. The highest BCUT2D eigenvalue weighted by molar-refractivity contribution is 7.98. The summed E-state index contributed by atoms with van der Waals surface area (Å²) < 4.78 is 8.39. The summed E-state index contributed by atoms with van der Waals surface area (Å²) in [5.74, 6) is 1.57. The predicted octanol–water partition coefficient (Wildman–Crippen LogP) is 4.10.